The summed E-state index contributed by atoms with van der Waals surface area (Å²) in [5.41, 5.74) is -0.380. The lowest BCUT2D eigenvalue weighted by Gasteiger charge is -2.37. The van der Waals surface area contributed by atoms with Crippen LogP contribution in [0.2, 0.25) is 0 Å². The van der Waals surface area contributed by atoms with Crippen molar-refractivity contribution >= 4 is 17.7 Å². The lowest BCUT2D eigenvalue weighted by molar-refractivity contribution is -0.384. The lowest BCUT2D eigenvalue weighted by Crippen LogP contribution is -2.48. The number of nitro benzene ring substituents is 1. The summed E-state index contributed by atoms with van der Waals surface area (Å²) in [6.07, 6.45) is 0.344. The first-order valence-electron chi connectivity index (χ1n) is 8.52. The van der Waals surface area contributed by atoms with E-state index in [9.17, 15) is 19.7 Å². The number of esters is 1. The molecule has 0 radical (unpaired) electrons. The summed E-state index contributed by atoms with van der Waals surface area (Å²) in [6, 6.07) is 5.17. The zero-order valence-electron chi connectivity index (χ0n) is 15.4. The SMILES string of the molecule is CC1CC(OC(=O)c2ccc([N+](=O)[O-])cc2)CCN1C(=O)OC(C)(C)C. The fourth-order valence-corrected chi connectivity index (χ4v) is 2.77. The number of nitrogens with zero attached hydrogens (tertiary/aromatic N) is 2. The average molecular weight is 364 g/mol. The molecule has 2 unspecified atom stereocenters. The number of non-ortho nitro benzene ring substituents is 1. The summed E-state index contributed by atoms with van der Waals surface area (Å²) in [5.74, 6) is -0.525. The molecule has 1 fully saturated rings. The third-order valence-electron chi connectivity index (χ3n) is 4.04. The highest BCUT2D eigenvalue weighted by molar-refractivity contribution is 5.89. The molecule has 2 atom stereocenters. The number of benzene rings is 1. The summed E-state index contributed by atoms with van der Waals surface area (Å²) in [5, 5.41) is 10.7. The molecule has 0 saturated carbocycles. The average Bonchev–Trinajstić information content (AvgIpc) is 2.53. The number of carbonyl (C=O) groups excluding carboxylic acids is 2. The molecular weight excluding hydrogens is 340 g/mol. The van der Waals surface area contributed by atoms with Gasteiger partial charge in [0.2, 0.25) is 0 Å². The van der Waals surface area contributed by atoms with Crippen LogP contribution in [0.4, 0.5) is 10.5 Å². The largest absolute Gasteiger partial charge is 0.459 e. The Balaban J connectivity index is 1.91. The Morgan fingerprint density at radius 1 is 1.23 bits per heavy atom. The molecule has 0 N–H and O–H groups in total. The zero-order chi connectivity index (χ0) is 19.5. The van der Waals surface area contributed by atoms with Gasteiger partial charge in [0, 0.05) is 37.6 Å². The van der Waals surface area contributed by atoms with E-state index in [2.05, 4.69) is 0 Å². The number of likely N-dealkylation sites (tertiary alicyclic amines) is 1. The van der Waals surface area contributed by atoms with Crippen molar-refractivity contribution in [3.8, 4) is 0 Å². The van der Waals surface area contributed by atoms with Crippen LogP contribution in [-0.4, -0.2) is 46.2 Å². The maximum atomic E-state index is 12.2. The molecule has 8 nitrogen and oxygen atoms in total. The maximum Gasteiger partial charge on any atom is 0.410 e. The Labute approximate surface area is 152 Å². The predicted octanol–water partition coefficient (Wildman–Crippen LogP) is 3.54. The van der Waals surface area contributed by atoms with E-state index in [0.717, 1.165) is 0 Å². The van der Waals surface area contributed by atoms with Gasteiger partial charge in [-0.3, -0.25) is 10.1 Å². The first kappa shape index (κ1) is 19.7. The maximum absolute atomic E-state index is 12.2. The first-order chi connectivity index (χ1) is 12.1. The van der Waals surface area contributed by atoms with E-state index in [0.29, 0.717) is 19.4 Å². The van der Waals surface area contributed by atoms with Crippen molar-refractivity contribution in [3.63, 3.8) is 0 Å². The number of hydrogen-bond donors (Lipinski definition) is 0. The van der Waals surface area contributed by atoms with Crippen LogP contribution in [0.5, 0.6) is 0 Å². The van der Waals surface area contributed by atoms with Crippen LogP contribution in [-0.2, 0) is 9.47 Å². The highest BCUT2D eigenvalue weighted by Gasteiger charge is 2.33. The summed E-state index contributed by atoms with van der Waals surface area (Å²) in [4.78, 5) is 36.2. The summed E-state index contributed by atoms with van der Waals surface area (Å²) in [6.45, 7) is 7.76. The van der Waals surface area contributed by atoms with Gasteiger partial charge < -0.3 is 14.4 Å². The number of piperidine rings is 1. The molecule has 8 heteroatoms. The van der Waals surface area contributed by atoms with Gasteiger partial charge in [-0.1, -0.05) is 0 Å². The van der Waals surface area contributed by atoms with E-state index in [1.807, 2.05) is 27.7 Å². The van der Waals surface area contributed by atoms with Gasteiger partial charge in [0.05, 0.1) is 10.5 Å². The van der Waals surface area contributed by atoms with Gasteiger partial charge >= 0.3 is 12.1 Å². The standard InChI is InChI=1S/C18H24N2O6/c1-12-11-15(9-10-19(12)17(22)26-18(2,3)4)25-16(21)13-5-7-14(8-6-13)20(23)24/h5-8,12,15H,9-11H2,1-4H3. The van der Waals surface area contributed by atoms with Crippen molar-refractivity contribution in [2.75, 3.05) is 6.54 Å². The van der Waals surface area contributed by atoms with Crippen LogP contribution in [0.15, 0.2) is 24.3 Å². The van der Waals surface area contributed by atoms with E-state index >= 15 is 0 Å². The van der Waals surface area contributed by atoms with Crippen molar-refractivity contribution in [3.05, 3.63) is 39.9 Å². The van der Waals surface area contributed by atoms with E-state index < -0.39 is 16.5 Å². The molecule has 0 spiro atoms. The third kappa shape index (κ3) is 5.18. The Bertz CT molecular complexity index is 680. The van der Waals surface area contributed by atoms with Crippen LogP contribution in [0.1, 0.15) is 50.9 Å². The summed E-state index contributed by atoms with van der Waals surface area (Å²) >= 11 is 0. The van der Waals surface area contributed by atoms with E-state index in [1.54, 1.807) is 4.90 Å². The van der Waals surface area contributed by atoms with E-state index in [-0.39, 0.29) is 29.5 Å². The smallest absolute Gasteiger partial charge is 0.410 e. The number of ether oxygens (including phenoxy) is 2. The molecule has 1 aromatic rings. The second-order valence-corrected chi connectivity index (χ2v) is 7.38. The second kappa shape index (κ2) is 7.72. The molecule has 1 amide bonds. The Morgan fingerprint density at radius 3 is 2.35 bits per heavy atom. The molecule has 2 rings (SSSR count). The Hall–Kier alpha value is -2.64. The van der Waals surface area contributed by atoms with Gasteiger partial charge in [-0.2, -0.15) is 0 Å². The minimum atomic E-state index is -0.559. The van der Waals surface area contributed by atoms with E-state index in [1.165, 1.54) is 24.3 Å². The summed E-state index contributed by atoms with van der Waals surface area (Å²) in [7, 11) is 0. The molecule has 0 aliphatic carbocycles. The Kier molecular flexibility index (Phi) is 5.84. The Morgan fingerprint density at radius 2 is 1.85 bits per heavy atom. The monoisotopic (exact) mass is 364 g/mol. The quantitative estimate of drug-likeness (QED) is 0.462. The van der Waals surface area contributed by atoms with Crippen LogP contribution in [0.25, 0.3) is 0 Å². The number of hydrogen-bond acceptors (Lipinski definition) is 6. The molecular formula is C18H24N2O6. The van der Waals surface area contributed by atoms with Crippen molar-refractivity contribution in [2.24, 2.45) is 0 Å². The third-order valence-corrected chi connectivity index (χ3v) is 4.04. The minimum absolute atomic E-state index is 0.0826. The van der Waals surface area contributed by atoms with Gasteiger partial charge in [0.15, 0.2) is 0 Å². The van der Waals surface area contributed by atoms with Crippen LogP contribution < -0.4 is 0 Å². The predicted molar refractivity (Wildman–Crippen MR) is 93.9 cm³/mol. The minimum Gasteiger partial charge on any atom is -0.459 e. The van der Waals surface area contributed by atoms with Crippen LogP contribution >= 0.6 is 0 Å². The highest BCUT2D eigenvalue weighted by atomic mass is 16.6. The molecule has 1 aliphatic heterocycles. The van der Waals surface area contributed by atoms with Gasteiger partial charge in [0.1, 0.15) is 11.7 Å². The number of nitro groups is 1. The van der Waals surface area contributed by atoms with Crippen LogP contribution in [0, 0.1) is 10.1 Å². The van der Waals surface area contributed by atoms with E-state index in [4.69, 9.17) is 9.47 Å². The molecule has 0 bridgehead atoms. The van der Waals surface area contributed by atoms with Crippen molar-refractivity contribution in [1.29, 1.82) is 0 Å². The summed E-state index contributed by atoms with van der Waals surface area (Å²) < 4.78 is 10.9. The number of amides is 1. The number of carbonyl (C=O) groups is 2. The molecule has 1 saturated heterocycles. The normalized spacial score (nSPS) is 20.4. The molecule has 1 heterocycles. The molecule has 0 aromatic heterocycles. The second-order valence-electron chi connectivity index (χ2n) is 7.38. The molecule has 1 aliphatic rings. The van der Waals surface area contributed by atoms with Crippen molar-refractivity contribution in [2.45, 2.75) is 58.3 Å². The first-order valence-corrected chi connectivity index (χ1v) is 8.52. The fraction of sp³-hybridized carbons (Fsp3) is 0.556. The molecule has 142 valence electrons. The fourth-order valence-electron chi connectivity index (χ4n) is 2.77. The van der Waals surface area contributed by atoms with Crippen LogP contribution in [0.3, 0.4) is 0 Å². The van der Waals surface area contributed by atoms with Gasteiger partial charge in [-0.25, -0.2) is 9.59 Å². The number of rotatable bonds is 3. The van der Waals surface area contributed by atoms with Gasteiger partial charge in [-0.05, 0) is 39.8 Å². The molecule has 1 aromatic carbocycles. The molecule has 26 heavy (non-hydrogen) atoms. The zero-order valence-corrected chi connectivity index (χ0v) is 15.4. The van der Waals surface area contributed by atoms with Gasteiger partial charge in [-0.15, -0.1) is 0 Å². The van der Waals surface area contributed by atoms with Crippen molar-refractivity contribution in [1.82, 2.24) is 4.90 Å². The van der Waals surface area contributed by atoms with Gasteiger partial charge in [0.25, 0.3) is 5.69 Å². The highest BCUT2D eigenvalue weighted by Crippen LogP contribution is 2.23. The van der Waals surface area contributed by atoms with Crippen molar-refractivity contribution < 1.29 is 24.0 Å². The lowest BCUT2D eigenvalue weighted by atomic mass is 10.0. The topological polar surface area (TPSA) is 99.0 Å².